The van der Waals surface area contributed by atoms with Crippen LogP contribution in [0.1, 0.15) is 25.7 Å². The lowest BCUT2D eigenvalue weighted by molar-refractivity contribution is -0.148. The van der Waals surface area contributed by atoms with Crippen molar-refractivity contribution in [3.05, 3.63) is 12.7 Å². The number of rotatable bonds is 9. The van der Waals surface area contributed by atoms with E-state index in [1.54, 1.807) is 4.90 Å². The highest BCUT2D eigenvalue weighted by atomic mass is 28.3. The molecule has 0 N–H and O–H groups in total. The van der Waals surface area contributed by atoms with Crippen LogP contribution in [0.3, 0.4) is 0 Å². The highest BCUT2D eigenvalue weighted by Gasteiger charge is 2.34. The first kappa shape index (κ1) is 23.2. The summed E-state index contributed by atoms with van der Waals surface area (Å²) in [5, 5.41) is 0. The Morgan fingerprint density at radius 3 is 2.33 bits per heavy atom. The minimum Gasteiger partial charge on any atom is -0.461 e. The monoisotopic (exact) mass is 398 g/mol. The summed E-state index contributed by atoms with van der Waals surface area (Å²) >= 11 is 0. The second-order valence-corrected chi connectivity index (χ2v) is 13.7. The molecule has 0 bridgehead atoms. The second-order valence-electron chi connectivity index (χ2n) is 8.11. The van der Waals surface area contributed by atoms with Crippen molar-refractivity contribution in [1.82, 2.24) is 9.80 Å². The molecule has 0 aliphatic carbocycles. The molecule has 0 spiro atoms. The van der Waals surface area contributed by atoms with Crippen LogP contribution in [0.4, 0.5) is 4.79 Å². The van der Waals surface area contributed by atoms with Crippen LogP contribution in [0.2, 0.25) is 25.7 Å². The van der Waals surface area contributed by atoms with Crippen LogP contribution in [0.25, 0.3) is 0 Å². The van der Waals surface area contributed by atoms with E-state index in [9.17, 15) is 14.4 Å². The molecule has 8 heteroatoms. The Kier molecular flexibility index (Phi) is 9.55. The van der Waals surface area contributed by atoms with Gasteiger partial charge in [-0.05, 0) is 25.3 Å². The third-order valence-electron chi connectivity index (χ3n) is 4.51. The largest absolute Gasteiger partial charge is 0.461 e. The molecule has 0 saturated carbocycles. The number of carbonyl (C=O) groups excluding carboxylic acids is 3. The lowest BCUT2D eigenvalue weighted by Crippen LogP contribution is -2.51. The first-order chi connectivity index (χ1) is 12.7. The number of ether oxygens (including phenoxy) is 2. The number of esters is 1. The zero-order chi connectivity index (χ0) is 20.4. The van der Waals surface area contributed by atoms with Crippen LogP contribution in [0.15, 0.2) is 12.7 Å². The molecular formula is C19H34N2O5Si. The van der Waals surface area contributed by atoms with Crippen LogP contribution in [-0.4, -0.2) is 75.2 Å². The van der Waals surface area contributed by atoms with Gasteiger partial charge in [0.2, 0.25) is 5.91 Å². The molecular weight excluding hydrogens is 364 g/mol. The van der Waals surface area contributed by atoms with Crippen molar-refractivity contribution in [1.29, 1.82) is 0 Å². The zero-order valence-corrected chi connectivity index (χ0v) is 18.2. The van der Waals surface area contributed by atoms with E-state index in [-0.39, 0.29) is 18.9 Å². The van der Waals surface area contributed by atoms with Crippen molar-refractivity contribution in [3.8, 4) is 0 Å². The Bertz CT molecular complexity index is 527. The number of carbonyl (C=O) groups is 3. The fraction of sp³-hybridized carbons (Fsp3) is 0.737. The number of amides is 2. The van der Waals surface area contributed by atoms with E-state index in [1.807, 2.05) is 0 Å². The van der Waals surface area contributed by atoms with E-state index in [0.717, 1.165) is 25.3 Å². The van der Waals surface area contributed by atoms with Gasteiger partial charge in [-0.3, -0.25) is 14.5 Å². The van der Waals surface area contributed by atoms with E-state index >= 15 is 0 Å². The van der Waals surface area contributed by atoms with E-state index in [2.05, 4.69) is 26.2 Å². The molecule has 2 amide bonds. The highest BCUT2D eigenvalue weighted by molar-refractivity contribution is 6.76. The maximum Gasteiger partial charge on any atom is 0.410 e. The van der Waals surface area contributed by atoms with Gasteiger partial charge >= 0.3 is 12.1 Å². The lowest BCUT2D eigenvalue weighted by atomic mass is 10.1. The van der Waals surface area contributed by atoms with E-state index in [0.29, 0.717) is 19.7 Å². The maximum atomic E-state index is 12.9. The molecule has 27 heavy (non-hydrogen) atoms. The number of piperidine rings is 1. The average molecular weight is 399 g/mol. The summed E-state index contributed by atoms with van der Waals surface area (Å²) in [5.74, 6) is -0.762. The predicted molar refractivity (Wildman–Crippen MR) is 107 cm³/mol. The zero-order valence-electron chi connectivity index (χ0n) is 17.2. The molecule has 0 aromatic carbocycles. The molecule has 154 valence electrons. The number of likely N-dealkylation sites (N-methyl/N-ethyl adjacent to an activating group) is 1. The van der Waals surface area contributed by atoms with Gasteiger partial charge in [0.25, 0.3) is 0 Å². The van der Waals surface area contributed by atoms with Crippen molar-refractivity contribution in [2.45, 2.75) is 57.4 Å². The van der Waals surface area contributed by atoms with Crippen LogP contribution < -0.4 is 0 Å². The van der Waals surface area contributed by atoms with Crippen LogP contribution in [-0.2, 0) is 19.1 Å². The average Bonchev–Trinajstić information content (AvgIpc) is 2.62. The molecule has 1 rings (SSSR count). The third-order valence-corrected chi connectivity index (χ3v) is 6.21. The number of nitrogens with zero attached hydrogens (tertiary/aromatic N) is 2. The van der Waals surface area contributed by atoms with Crippen molar-refractivity contribution < 1.29 is 23.9 Å². The first-order valence-corrected chi connectivity index (χ1v) is 13.3. The normalized spacial score (nSPS) is 15.6. The Morgan fingerprint density at radius 2 is 1.78 bits per heavy atom. The summed E-state index contributed by atoms with van der Waals surface area (Å²) in [6.07, 6.45) is 3.65. The molecule has 1 atom stereocenters. The van der Waals surface area contributed by atoms with Gasteiger partial charge in [0.05, 0.1) is 13.0 Å². The Balaban J connectivity index is 2.77. The minimum atomic E-state index is -1.33. The van der Waals surface area contributed by atoms with E-state index < -0.39 is 26.2 Å². The van der Waals surface area contributed by atoms with E-state index in [1.165, 1.54) is 18.0 Å². The van der Waals surface area contributed by atoms with Crippen LogP contribution in [0.5, 0.6) is 0 Å². The summed E-state index contributed by atoms with van der Waals surface area (Å²) in [5.41, 5.74) is 0. The van der Waals surface area contributed by atoms with Gasteiger partial charge in [0, 0.05) is 28.2 Å². The van der Waals surface area contributed by atoms with Gasteiger partial charge in [-0.2, -0.15) is 0 Å². The van der Waals surface area contributed by atoms with Crippen molar-refractivity contribution >= 4 is 26.0 Å². The molecule has 1 aliphatic rings. The third kappa shape index (κ3) is 8.60. The van der Waals surface area contributed by atoms with Crippen LogP contribution in [0, 0.1) is 0 Å². The molecule has 1 aliphatic heterocycles. The van der Waals surface area contributed by atoms with Crippen molar-refractivity contribution in [2.75, 3.05) is 33.4 Å². The Morgan fingerprint density at radius 1 is 1.15 bits per heavy atom. The topological polar surface area (TPSA) is 76.2 Å². The lowest BCUT2D eigenvalue weighted by Gasteiger charge is -2.33. The Hall–Kier alpha value is -1.83. The maximum absolute atomic E-state index is 12.9. The fourth-order valence-corrected chi connectivity index (χ4v) is 3.47. The van der Waals surface area contributed by atoms with Crippen LogP contribution >= 0.6 is 0 Å². The van der Waals surface area contributed by atoms with E-state index in [4.69, 9.17) is 9.47 Å². The second kappa shape index (κ2) is 11.1. The summed E-state index contributed by atoms with van der Waals surface area (Å²) in [6, 6.07) is -0.0709. The first-order valence-electron chi connectivity index (χ1n) is 9.60. The quantitative estimate of drug-likeness (QED) is 0.339. The molecule has 1 fully saturated rings. The van der Waals surface area contributed by atoms with Gasteiger partial charge in [-0.15, -0.1) is 0 Å². The number of hydrogen-bond acceptors (Lipinski definition) is 5. The fourth-order valence-electron chi connectivity index (χ4n) is 2.76. The molecule has 1 unspecified atom stereocenters. The number of likely N-dealkylation sites (tertiary alicyclic amines) is 1. The standard InChI is InChI=1S/C19H34N2O5Si/c1-6-12-25-17(22)15-16(18(23)21-10-8-7-9-11-21)20(2)19(24)26-13-14-27(3,4)5/h6,16H,1,7-15H2,2-5H3. The van der Waals surface area contributed by atoms with Gasteiger partial charge in [0.15, 0.2) is 0 Å². The van der Waals surface area contributed by atoms with Gasteiger partial charge in [-0.1, -0.05) is 32.3 Å². The summed E-state index contributed by atoms with van der Waals surface area (Å²) in [4.78, 5) is 40.4. The molecule has 1 heterocycles. The van der Waals surface area contributed by atoms with Gasteiger partial charge in [-0.25, -0.2) is 4.79 Å². The van der Waals surface area contributed by atoms with Crippen molar-refractivity contribution in [2.24, 2.45) is 0 Å². The summed E-state index contributed by atoms with van der Waals surface area (Å²) in [7, 11) is 0.174. The van der Waals surface area contributed by atoms with Gasteiger partial charge in [0.1, 0.15) is 12.6 Å². The number of hydrogen-bond donors (Lipinski definition) is 0. The summed E-state index contributed by atoms with van der Waals surface area (Å²) < 4.78 is 10.4. The Labute approximate surface area is 163 Å². The predicted octanol–water partition coefficient (Wildman–Crippen LogP) is 2.89. The SMILES string of the molecule is C=CCOC(=O)CC(C(=O)N1CCCCC1)N(C)C(=O)OCC[Si](C)(C)C. The highest BCUT2D eigenvalue weighted by Crippen LogP contribution is 2.16. The smallest absolute Gasteiger partial charge is 0.410 e. The molecule has 0 aromatic heterocycles. The molecule has 0 aromatic rings. The molecule has 0 radical (unpaired) electrons. The van der Waals surface area contributed by atoms with Crippen molar-refractivity contribution in [3.63, 3.8) is 0 Å². The molecule has 7 nitrogen and oxygen atoms in total. The minimum absolute atomic E-state index is 0.0772. The summed E-state index contributed by atoms with van der Waals surface area (Å²) in [6.45, 7) is 11.8. The van der Waals surface area contributed by atoms with Gasteiger partial charge < -0.3 is 14.4 Å². The molecule has 1 saturated heterocycles.